The van der Waals surface area contributed by atoms with E-state index in [1.807, 2.05) is 24.0 Å². The number of nitrogens with one attached hydrogen (secondary N) is 2. The molecule has 1 aromatic heterocycles. The van der Waals surface area contributed by atoms with Crippen LogP contribution in [0.1, 0.15) is 44.0 Å². The smallest absolute Gasteiger partial charge is 0.234 e. The van der Waals surface area contributed by atoms with Gasteiger partial charge < -0.3 is 15.2 Å². The Kier molecular flexibility index (Phi) is 5.67. The number of piperazine rings is 1. The van der Waals surface area contributed by atoms with Crippen LogP contribution >= 0.6 is 0 Å². The third-order valence-electron chi connectivity index (χ3n) is 5.17. The molecule has 1 saturated carbocycles. The molecular formula is C17H29N5O. The first-order valence-electron chi connectivity index (χ1n) is 8.92. The number of nitrogens with zero attached hydrogens (tertiary/aromatic N) is 3. The standard InChI is InChI=1S/C17H29N5O/c1-21-9-8-19-17(21)15-12-18-7-10-22(15)13-16(23)20-11-14-5-3-2-4-6-14/h8-9,14-15,18H,2-7,10-13H2,1H3,(H,20,23). The largest absolute Gasteiger partial charge is 0.355 e. The number of hydrogen-bond acceptors (Lipinski definition) is 4. The highest BCUT2D eigenvalue weighted by molar-refractivity contribution is 5.78. The van der Waals surface area contributed by atoms with Crippen molar-refractivity contribution in [2.24, 2.45) is 13.0 Å². The van der Waals surface area contributed by atoms with Crippen molar-refractivity contribution in [1.82, 2.24) is 25.1 Å². The molecule has 3 rings (SSSR count). The summed E-state index contributed by atoms with van der Waals surface area (Å²) < 4.78 is 2.05. The van der Waals surface area contributed by atoms with Gasteiger partial charge in [-0.05, 0) is 18.8 Å². The lowest BCUT2D eigenvalue weighted by atomic mass is 9.89. The number of rotatable bonds is 5. The highest BCUT2D eigenvalue weighted by atomic mass is 16.2. The van der Waals surface area contributed by atoms with Crippen molar-refractivity contribution in [1.29, 1.82) is 0 Å². The average molecular weight is 319 g/mol. The molecule has 1 aliphatic heterocycles. The summed E-state index contributed by atoms with van der Waals surface area (Å²) in [6, 6.07) is 0.171. The molecule has 1 saturated heterocycles. The Morgan fingerprint density at radius 3 is 2.96 bits per heavy atom. The lowest BCUT2D eigenvalue weighted by Gasteiger charge is -2.35. The van der Waals surface area contributed by atoms with Crippen molar-refractivity contribution in [3.63, 3.8) is 0 Å². The van der Waals surface area contributed by atoms with Crippen LogP contribution in [0, 0.1) is 5.92 Å². The first kappa shape index (κ1) is 16.5. The Labute approximate surface area is 138 Å². The summed E-state index contributed by atoms with van der Waals surface area (Å²) in [4.78, 5) is 19.1. The Hall–Kier alpha value is -1.40. The zero-order valence-corrected chi connectivity index (χ0v) is 14.1. The van der Waals surface area contributed by atoms with E-state index in [0.29, 0.717) is 12.5 Å². The van der Waals surface area contributed by atoms with Crippen LogP contribution in [0.5, 0.6) is 0 Å². The Balaban J connectivity index is 1.52. The number of carbonyl (C=O) groups is 1. The fourth-order valence-corrected chi connectivity index (χ4v) is 3.78. The quantitative estimate of drug-likeness (QED) is 0.852. The topological polar surface area (TPSA) is 62.2 Å². The number of aryl methyl sites for hydroxylation is 1. The molecule has 23 heavy (non-hydrogen) atoms. The molecule has 0 bridgehead atoms. The SMILES string of the molecule is Cn1ccnc1C1CNCCN1CC(=O)NCC1CCCCC1. The second-order valence-electron chi connectivity index (χ2n) is 6.89. The van der Waals surface area contributed by atoms with Crippen molar-refractivity contribution in [2.75, 3.05) is 32.7 Å². The second kappa shape index (κ2) is 7.93. The molecular weight excluding hydrogens is 290 g/mol. The van der Waals surface area contributed by atoms with E-state index in [9.17, 15) is 4.79 Å². The molecule has 6 nitrogen and oxygen atoms in total. The molecule has 1 unspecified atom stereocenters. The normalized spacial score (nSPS) is 23.8. The third-order valence-corrected chi connectivity index (χ3v) is 5.17. The summed E-state index contributed by atoms with van der Waals surface area (Å²) in [5, 5.41) is 6.56. The zero-order chi connectivity index (χ0) is 16.1. The van der Waals surface area contributed by atoms with Crippen LogP contribution in [0.4, 0.5) is 0 Å². The van der Waals surface area contributed by atoms with E-state index >= 15 is 0 Å². The predicted molar refractivity (Wildman–Crippen MR) is 90.0 cm³/mol. The van der Waals surface area contributed by atoms with Crippen LogP contribution < -0.4 is 10.6 Å². The molecule has 1 amide bonds. The minimum atomic E-state index is 0.150. The summed E-state index contributed by atoms with van der Waals surface area (Å²) in [5.74, 6) is 1.86. The first-order valence-corrected chi connectivity index (χ1v) is 8.92. The fraction of sp³-hybridized carbons (Fsp3) is 0.765. The lowest BCUT2D eigenvalue weighted by molar-refractivity contribution is -0.123. The summed E-state index contributed by atoms with van der Waals surface area (Å²) >= 11 is 0. The van der Waals surface area contributed by atoms with Gasteiger partial charge in [-0.15, -0.1) is 0 Å². The molecule has 128 valence electrons. The summed E-state index contributed by atoms with van der Waals surface area (Å²) in [6.07, 6.45) is 10.3. The van der Waals surface area contributed by atoms with Gasteiger partial charge in [0.15, 0.2) is 0 Å². The van der Waals surface area contributed by atoms with Crippen LogP contribution in [0.3, 0.4) is 0 Å². The maximum atomic E-state index is 12.4. The van der Waals surface area contributed by atoms with Gasteiger partial charge in [0.1, 0.15) is 5.82 Å². The van der Waals surface area contributed by atoms with E-state index in [1.165, 1.54) is 32.1 Å². The van der Waals surface area contributed by atoms with Crippen LogP contribution in [-0.2, 0) is 11.8 Å². The number of amides is 1. The van der Waals surface area contributed by atoms with Gasteiger partial charge in [-0.3, -0.25) is 9.69 Å². The predicted octanol–water partition coefficient (Wildman–Crippen LogP) is 1.06. The zero-order valence-electron chi connectivity index (χ0n) is 14.1. The number of carbonyl (C=O) groups excluding carboxylic acids is 1. The highest BCUT2D eigenvalue weighted by Gasteiger charge is 2.28. The Morgan fingerprint density at radius 2 is 2.22 bits per heavy atom. The van der Waals surface area contributed by atoms with Gasteiger partial charge in [-0.1, -0.05) is 19.3 Å². The van der Waals surface area contributed by atoms with Gasteiger partial charge in [0.25, 0.3) is 0 Å². The highest BCUT2D eigenvalue weighted by Crippen LogP contribution is 2.23. The third kappa shape index (κ3) is 4.32. The van der Waals surface area contributed by atoms with Gasteiger partial charge in [-0.25, -0.2) is 4.98 Å². The summed E-state index contributed by atoms with van der Waals surface area (Å²) in [5.41, 5.74) is 0. The summed E-state index contributed by atoms with van der Waals surface area (Å²) in [6.45, 7) is 3.97. The molecule has 2 aliphatic rings. The molecule has 6 heteroatoms. The van der Waals surface area contributed by atoms with Crippen molar-refractivity contribution in [3.05, 3.63) is 18.2 Å². The molecule has 2 N–H and O–H groups in total. The average Bonchev–Trinajstić information content (AvgIpc) is 3.00. The molecule has 2 fully saturated rings. The minimum absolute atomic E-state index is 0.150. The summed E-state index contributed by atoms with van der Waals surface area (Å²) in [7, 11) is 2.01. The van der Waals surface area contributed by atoms with E-state index in [-0.39, 0.29) is 11.9 Å². The van der Waals surface area contributed by atoms with Gasteiger partial charge in [0.2, 0.25) is 5.91 Å². The van der Waals surface area contributed by atoms with Crippen molar-refractivity contribution >= 4 is 5.91 Å². The van der Waals surface area contributed by atoms with Crippen LogP contribution in [0.25, 0.3) is 0 Å². The maximum absolute atomic E-state index is 12.4. The molecule has 1 aliphatic carbocycles. The molecule has 0 radical (unpaired) electrons. The molecule has 1 atom stereocenters. The van der Waals surface area contributed by atoms with E-state index in [2.05, 4.69) is 20.5 Å². The fourth-order valence-electron chi connectivity index (χ4n) is 3.78. The second-order valence-corrected chi connectivity index (χ2v) is 6.89. The van der Waals surface area contributed by atoms with Crippen LogP contribution in [0.2, 0.25) is 0 Å². The number of imidazole rings is 1. The van der Waals surface area contributed by atoms with Crippen molar-refractivity contribution in [3.8, 4) is 0 Å². The Bertz CT molecular complexity index is 509. The lowest BCUT2D eigenvalue weighted by Crippen LogP contribution is -2.50. The van der Waals surface area contributed by atoms with Crippen molar-refractivity contribution < 1.29 is 4.79 Å². The van der Waals surface area contributed by atoms with E-state index in [1.54, 1.807) is 0 Å². The maximum Gasteiger partial charge on any atom is 0.234 e. The minimum Gasteiger partial charge on any atom is -0.355 e. The van der Waals surface area contributed by atoms with Crippen molar-refractivity contribution in [2.45, 2.75) is 38.1 Å². The first-order chi connectivity index (χ1) is 11.2. The number of aromatic nitrogens is 2. The molecule has 2 heterocycles. The van der Waals surface area contributed by atoms with Crippen LogP contribution in [0.15, 0.2) is 12.4 Å². The van der Waals surface area contributed by atoms with Gasteiger partial charge in [-0.2, -0.15) is 0 Å². The van der Waals surface area contributed by atoms with Gasteiger partial charge >= 0.3 is 0 Å². The van der Waals surface area contributed by atoms with Crippen LogP contribution in [-0.4, -0.2) is 53.1 Å². The van der Waals surface area contributed by atoms with Gasteiger partial charge in [0, 0.05) is 45.6 Å². The van der Waals surface area contributed by atoms with E-state index < -0.39 is 0 Å². The Morgan fingerprint density at radius 1 is 1.39 bits per heavy atom. The van der Waals surface area contributed by atoms with E-state index in [0.717, 1.165) is 32.0 Å². The van der Waals surface area contributed by atoms with Gasteiger partial charge in [0.05, 0.1) is 12.6 Å². The molecule has 1 aromatic rings. The number of hydrogen-bond donors (Lipinski definition) is 2. The van der Waals surface area contributed by atoms with E-state index in [4.69, 9.17) is 0 Å². The monoisotopic (exact) mass is 319 g/mol. The molecule has 0 aromatic carbocycles. The molecule has 0 spiro atoms.